The van der Waals surface area contributed by atoms with Gasteiger partial charge in [-0.05, 0) is 59.4 Å². The van der Waals surface area contributed by atoms with E-state index in [1.165, 1.54) is 5.56 Å². The van der Waals surface area contributed by atoms with E-state index in [9.17, 15) is 0 Å². The minimum absolute atomic E-state index is 0.451. The molecule has 2 aromatic carbocycles. The third-order valence-electron chi connectivity index (χ3n) is 3.79. The Morgan fingerprint density at radius 3 is 2.58 bits per heavy atom. The topological polar surface area (TPSA) is 43.6 Å². The Morgan fingerprint density at radius 2 is 1.83 bits per heavy atom. The Balaban J connectivity index is 1.51. The van der Waals surface area contributed by atoms with Crippen LogP contribution in [0.25, 0.3) is 5.69 Å². The highest BCUT2D eigenvalue weighted by molar-refractivity contribution is 7.99. The highest BCUT2D eigenvalue weighted by Crippen LogP contribution is 2.29. The van der Waals surface area contributed by atoms with Crippen molar-refractivity contribution in [3.05, 3.63) is 71.0 Å². The molecule has 0 aliphatic heterocycles. The zero-order chi connectivity index (χ0) is 16.8. The normalized spacial score (nSPS) is 12.2. The molecule has 4 nitrogen and oxygen atoms in total. The number of para-hydroxylation sites is 1. The first kappa shape index (κ1) is 17.0. The molecule has 0 saturated carbocycles. The summed E-state index contributed by atoms with van der Waals surface area (Å²) in [6.45, 7) is 2.22. The Kier molecular flexibility index (Phi) is 5.88. The summed E-state index contributed by atoms with van der Waals surface area (Å²) < 4.78 is 1.81. The molecule has 0 saturated heterocycles. The zero-order valence-electron chi connectivity index (χ0n) is 13.5. The Morgan fingerprint density at radius 1 is 1.08 bits per heavy atom. The Labute approximate surface area is 151 Å². The highest BCUT2D eigenvalue weighted by Gasteiger charge is 2.09. The summed E-state index contributed by atoms with van der Waals surface area (Å²) in [5.74, 6) is 1.96. The number of benzene rings is 2. The van der Waals surface area contributed by atoms with Crippen LogP contribution >= 0.6 is 23.4 Å². The summed E-state index contributed by atoms with van der Waals surface area (Å²) in [6, 6.07) is 18.1. The van der Waals surface area contributed by atoms with Crippen LogP contribution in [0.4, 0.5) is 0 Å². The number of nitrogens with zero attached hydrogens (tertiary/aromatic N) is 4. The fourth-order valence-corrected chi connectivity index (χ4v) is 3.59. The third kappa shape index (κ3) is 4.36. The van der Waals surface area contributed by atoms with E-state index in [1.807, 2.05) is 58.9 Å². The van der Waals surface area contributed by atoms with E-state index < -0.39 is 0 Å². The molecule has 0 aliphatic carbocycles. The lowest BCUT2D eigenvalue weighted by atomic mass is 10.2. The van der Waals surface area contributed by atoms with Gasteiger partial charge in [-0.15, -0.1) is 5.10 Å². The van der Waals surface area contributed by atoms with Crippen molar-refractivity contribution in [3.8, 4) is 5.69 Å². The lowest BCUT2D eigenvalue weighted by Gasteiger charge is -2.11. The molecule has 24 heavy (non-hydrogen) atoms. The van der Waals surface area contributed by atoms with Crippen molar-refractivity contribution in [1.82, 2.24) is 20.2 Å². The van der Waals surface area contributed by atoms with Gasteiger partial charge in [-0.25, -0.2) is 0 Å². The molecular formula is C18H19ClN4S. The molecule has 3 aromatic rings. The maximum atomic E-state index is 5.94. The minimum atomic E-state index is 0.451. The van der Waals surface area contributed by atoms with Crippen molar-refractivity contribution in [1.29, 1.82) is 0 Å². The maximum absolute atomic E-state index is 5.94. The molecule has 3 rings (SSSR count). The van der Waals surface area contributed by atoms with Gasteiger partial charge in [-0.2, -0.15) is 16.4 Å². The van der Waals surface area contributed by atoms with Gasteiger partial charge < -0.3 is 0 Å². The number of aryl methyl sites for hydroxylation is 1. The average Bonchev–Trinajstić information content (AvgIpc) is 3.08. The van der Waals surface area contributed by atoms with Crippen molar-refractivity contribution in [2.24, 2.45) is 0 Å². The van der Waals surface area contributed by atoms with Gasteiger partial charge in [0.15, 0.2) is 5.82 Å². The van der Waals surface area contributed by atoms with Gasteiger partial charge in [0.1, 0.15) is 0 Å². The summed E-state index contributed by atoms with van der Waals surface area (Å²) in [5, 5.41) is 13.3. The fourth-order valence-electron chi connectivity index (χ4n) is 2.45. The summed E-state index contributed by atoms with van der Waals surface area (Å²) in [6.07, 6.45) is 1.90. The lowest BCUT2D eigenvalue weighted by molar-refractivity contribution is 0.747. The molecule has 124 valence electrons. The van der Waals surface area contributed by atoms with E-state index in [-0.39, 0.29) is 0 Å². The molecule has 0 N–H and O–H groups in total. The molecule has 1 heterocycles. The first-order valence-electron chi connectivity index (χ1n) is 7.94. The van der Waals surface area contributed by atoms with Gasteiger partial charge in [-0.1, -0.05) is 41.9 Å². The number of tetrazole rings is 1. The molecule has 0 aliphatic rings. The van der Waals surface area contributed by atoms with Crippen LogP contribution in [-0.2, 0) is 6.42 Å². The molecule has 0 radical (unpaired) electrons. The molecule has 0 amide bonds. The van der Waals surface area contributed by atoms with Crippen molar-refractivity contribution in [2.75, 3.05) is 5.75 Å². The summed E-state index contributed by atoms with van der Waals surface area (Å²) >= 11 is 7.88. The van der Waals surface area contributed by atoms with E-state index >= 15 is 0 Å². The summed E-state index contributed by atoms with van der Waals surface area (Å²) in [5.41, 5.74) is 2.30. The third-order valence-corrected chi connectivity index (χ3v) is 5.34. The van der Waals surface area contributed by atoms with Crippen LogP contribution in [0.2, 0.25) is 5.02 Å². The molecular weight excluding hydrogens is 340 g/mol. The van der Waals surface area contributed by atoms with E-state index in [4.69, 9.17) is 11.6 Å². The zero-order valence-corrected chi connectivity index (χ0v) is 15.0. The van der Waals surface area contributed by atoms with E-state index in [0.717, 1.165) is 35.1 Å². The molecule has 1 atom stereocenters. The SMILES string of the molecule is CC(SCCCc1nnnn1-c1ccccc1)c1ccc(Cl)cc1. The number of aromatic nitrogens is 4. The number of halogens is 1. The van der Waals surface area contributed by atoms with Crippen molar-refractivity contribution < 1.29 is 0 Å². The molecule has 1 aromatic heterocycles. The molecule has 6 heteroatoms. The van der Waals surface area contributed by atoms with Crippen LogP contribution in [0.5, 0.6) is 0 Å². The van der Waals surface area contributed by atoms with Crippen LogP contribution in [0.3, 0.4) is 0 Å². The fraction of sp³-hybridized carbons (Fsp3) is 0.278. The summed E-state index contributed by atoms with van der Waals surface area (Å²) in [4.78, 5) is 0. The van der Waals surface area contributed by atoms with Gasteiger partial charge in [0, 0.05) is 16.7 Å². The predicted octanol–water partition coefficient (Wildman–Crippen LogP) is 4.74. The average molecular weight is 359 g/mol. The van der Waals surface area contributed by atoms with Crippen LogP contribution in [0.15, 0.2) is 54.6 Å². The summed E-state index contributed by atoms with van der Waals surface area (Å²) in [7, 11) is 0. The van der Waals surface area contributed by atoms with Crippen molar-refractivity contribution >= 4 is 23.4 Å². The molecule has 0 fully saturated rings. The standard InChI is InChI=1S/C18H19ClN4S/c1-14(15-9-11-16(19)12-10-15)24-13-5-8-18-20-21-22-23(18)17-6-3-2-4-7-17/h2-4,6-7,9-12,14H,5,8,13H2,1H3. The predicted molar refractivity (Wildman–Crippen MR) is 99.8 cm³/mol. The van der Waals surface area contributed by atoms with Crippen LogP contribution < -0.4 is 0 Å². The van der Waals surface area contributed by atoms with Gasteiger partial charge >= 0.3 is 0 Å². The Bertz CT molecular complexity index is 758. The van der Waals surface area contributed by atoms with Crippen molar-refractivity contribution in [2.45, 2.75) is 25.0 Å². The van der Waals surface area contributed by atoms with Crippen LogP contribution in [0.1, 0.15) is 30.0 Å². The first-order valence-corrected chi connectivity index (χ1v) is 9.36. The second kappa shape index (κ2) is 8.31. The van der Waals surface area contributed by atoms with E-state index in [1.54, 1.807) is 0 Å². The smallest absolute Gasteiger partial charge is 0.156 e. The van der Waals surface area contributed by atoms with Gasteiger partial charge in [-0.3, -0.25) is 0 Å². The molecule has 0 spiro atoms. The lowest BCUT2D eigenvalue weighted by Crippen LogP contribution is -2.04. The van der Waals surface area contributed by atoms with E-state index in [2.05, 4.69) is 34.6 Å². The number of hydrogen-bond acceptors (Lipinski definition) is 4. The quantitative estimate of drug-likeness (QED) is 0.572. The molecule has 1 unspecified atom stereocenters. The number of hydrogen-bond donors (Lipinski definition) is 0. The van der Waals surface area contributed by atoms with Crippen LogP contribution in [-0.4, -0.2) is 26.0 Å². The van der Waals surface area contributed by atoms with Gasteiger partial charge in [0.2, 0.25) is 0 Å². The van der Waals surface area contributed by atoms with Gasteiger partial charge in [0.05, 0.1) is 5.69 Å². The Hall–Kier alpha value is -1.85. The van der Waals surface area contributed by atoms with E-state index in [0.29, 0.717) is 5.25 Å². The second-order valence-electron chi connectivity index (χ2n) is 5.51. The largest absolute Gasteiger partial charge is 0.197 e. The van der Waals surface area contributed by atoms with Crippen LogP contribution in [0, 0.1) is 0 Å². The second-order valence-corrected chi connectivity index (χ2v) is 7.40. The van der Waals surface area contributed by atoms with Gasteiger partial charge in [0.25, 0.3) is 0 Å². The number of rotatable bonds is 7. The minimum Gasteiger partial charge on any atom is -0.197 e. The molecule has 0 bridgehead atoms. The monoisotopic (exact) mass is 358 g/mol. The highest BCUT2D eigenvalue weighted by atomic mass is 35.5. The van der Waals surface area contributed by atoms with Crippen molar-refractivity contribution in [3.63, 3.8) is 0 Å². The first-order chi connectivity index (χ1) is 11.7. The number of thioether (sulfide) groups is 1. The maximum Gasteiger partial charge on any atom is 0.156 e.